The van der Waals surface area contributed by atoms with E-state index in [4.69, 9.17) is 11.6 Å². The Labute approximate surface area is 164 Å². The fourth-order valence-corrected chi connectivity index (χ4v) is 3.10. The van der Waals surface area contributed by atoms with E-state index >= 15 is 0 Å². The van der Waals surface area contributed by atoms with Crippen molar-refractivity contribution >= 4 is 41.0 Å². The highest BCUT2D eigenvalue weighted by atomic mass is 35.5. The van der Waals surface area contributed by atoms with Crippen LogP contribution in [0.5, 0.6) is 0 Å². The van der Waals surface area contributed by atoms with Crippen molar-refractivity contribution in [1.82, 2.24) is 9.97 Å². The van der Waals surface area contributed by atoms with Crippen LogP contribution in [0, 0.1) is 17.0 Å². The van der Waals surface area contributed by atoms with Gasteiger partial charge in [0.05, 0.1) is 21.7 Å². The van der Waals surface area contributed by atoms with Gasteiger partial charge in [0.25, 0.3) is 5.69 Å². The van der Waals surface area contributed by atoms with Gasteiger partial charge in [-0.25, -0.2) is 9.97 Å². The van der Waals surface area contributed by atoms with E-state index in [9.17, 15) is 10.1 Å². The molecule has 0 atom stereocenters. The third-order valence-corrected chi connectivity index (χ3v) is 4.87. The molecule has 27 heavy (non-hydrogen) atoms. The van der Waals surface area contributed by atoms with Crippen molar-refractivity contribution in [3.63, 3.8) is 0 Å². The lowest BCUT2D eigenvalue weighted by molar-refractivity contribution is -0.387. The summed E-state index contributed by atoms with van der Waals surface area (Å²) in [6.45, 7) is 1.91. The number of hydrogen-bond acceptors (Lipinski definition) is 7. The summed E-state index contributed by atoms with van der Waals surface area (Å²) >= 11 is 7.21. The van der Waals surface area contributed by atoms with Crippen LogP contribution in [-0.4, -0.2) is 21.1 Å². The Bertz CT molecular complexity index is 998. The van der Waals surface area contributed by atoms with Crippen LogP contribution in [0.2, 0.25) is 5.02 Å². The molecule has 0 spiro atoms. The Morgan fingerprint density at radius 1 is 1.22 bits per heavy atom. The van der Waals surface area contributed by atoms with Gasteiger partial charge in [-0.15, -0.1) is 0 Å². The van der Waals surface area contributed by atoms with E-state index in [0.717, 1.165) is 23.0 Å². The molecule has 1 N–H and O–H groups in total. The SMILES string of the molecule is Cc1ccc(NN=Cc2ccc(Sc3ncccn3)c([N+](=O)[O-])c2)cc1Cl. The van der Waals surface area contributed by atoms with Crippen LogP contribution in [0.15, 0.2) is 70.0 Å². The lowest BCUT2D eigenvalue weighted by Gasteiger charge is -2.04. The van der Waals surface area contributed by atoms with Gasteiger partial charge >= 0.3 is 0 Å². The van der Waals surface area contributed by atoms with Gasteiger partial charge in [0.2, 0.25) is 0 Å². The van der Waals surface area contributed by atoms with E-state index in [1.165, 1.54) is 12.3 Å². The van der Waals surface area contributed by atoms with Gasteiger partial charge in [-0.1, -0.05) is 23.7 Å². The van der Waals surface area contributed by atoms with Crippen molar-refractivity contribution in [2.45, 2.75) is 17.0 Å². The van der Waals surface area contributed by atoms with Gasteiger partial charge in [0.15, 0.2) is 5.16 Å². The van der Waals surface area contributed by atoms with Crippen molar-refractivity contribution in [2.75, 3.05) is 5.43 Å². The molecule has 0 bridgehead atoms. The summed E-state index contributed by atoms with van der Waals surface area (Å²) in [4.78, 5) is 19.6. The number of nitro groups is 1. The van der Waals surface area contributed by atoms with Crippen LogP contribution >= 0.6 is 23.4 Å². The van der Waals surface area contributed by atoms with Gasteiger partial charge in [-0.05, 0) is 48.5 Å². The van der Waals surface area contributed by atoms with Crippen LogP contribution in [0.25, 0.3) is 0 Å². The first-order valence-electron chi connectivity index (χ1n) is 7.81. The number of hydrazone groups is 1. The van der Waals surface area contributed by atoms with E-state index in [-0.39, 0.29) is 5.69 Å². The smallest absolute Gasteiger partial charge is 0.278 e. The molecule has 2 aromatic carbocycles. The highest BCUT2D eigenvalue weighted by molar-refractivity contribution is 7.99. The predicted molar refractivity (Wildman–Crippen MR) is 107 cm³/mol. The number of nitrogens with one attached hydrogen (secondary N) is 1. The molecule has 0 saturated heterocycles. The molecule has 7 nitrogen and oxygen atoms in total. The standard InChI is InChI=1S/C18H14ClN5O2S/c1-12-3-5-14(10-15(12)19)23-22-11-13-4-6-17(16(9-13)24(25)26)27-18-20-7-2-8-21-18/h2-11,23H,1H3. The third kappa shape index (κ3) is 5.02. The molecule has 0 aliphatic rings. The maximum atomic E-state index is 11.4. The number of anilines is 1. The van der Waals surface area contributed by atoms with Crippen molar-refractivity contribution in [3.8, 4) is 0 Å². The monoisotopic (exact) mass is 399 g/mol. The van der Waals surface area contributed by atoms with Crippen LogP contribution < -0.4 is 5.43 Å². The zero-order valence-electron chi connectivity index (χ0n) is 14.2. The molecule has 0 amide bonds. The second-order valence-corrected chi connectivity index (χ2v) is 6.87. The quantitative estimate of drug-likeness (QED) is 0.273. The summed E-state index contributed by atoms with van der Waals surface area (Å²) in [6.07, 6.45) is 4.69. The molecule has 0 radical (unpaired) electrons. The molecule has 0 saturated carbocycles. The van der Waals surface area contributed by atoms with Gasteiger partial charge in [-0.2, -0.15) is 5.10 Å². The molecule has 1 aromatic heterocycles. The summed E-state index contributed by atoms with van der Waals surface area (Å²) in [7, 11) is 0. The summed E-state index contributed by atoms with van der Waals surface area (Å²) in [6, 6.07) is 12.0. The maximum absolute atomic E-state index is 11.4. The Kier molecular flexibility index (Phi) is 6.00. The zero-order valence-corrected chi connectivity index (χ0v) is 15.7. The molecule has 0 aliphatic carbocycles. The van der Waals surface area contributed by atoms with Gasteiger partial charge in [0.1, 0.15) is 0 Å². The third-order valence-electron chi connectivity index (χ3n) is 3.50. The number of hydrogen-bond donors (Lipinski definition) is 1. The summed E-state index contributed by atoms with van der Waals surface area (Å²) in [5, 5.41) is 16.6. The van der Waals surface area contributed by atoms with Gasteiger partial charge in [0, 0.05) is 29.0 Å². The molecule has 0 fully saturated rings. The second kappa shape index (κ2) is 8.61. The molecular formula is C18H14ClN5O2S. The molecule has 136 valence electrons. The van der Waals surface area contributed by atoms with E-state index in [0.29, 0.717) is 20.6 Å². The topological polar surface area (TPSA) is 93.3 Å². The molecule has 0 unspecified atom stereocenters. The number of nitrogens with zero attached hydrogens (tertiary/aromatic N) is 4. The Morgan fingerprint density at radius 2 is 2.00 bits per heavy atom. The van der Waals surface area contributed by atoms with Gasteiger partial charge in [-0.3, -0.25) is 15.5 Å². The molecular weight excluding hydrogens is 386 g/mol. The maximum Gasteiger partial charge on any atom is 0.283 e. The van der Waals surface area contributed by atoms with Gasteiger partial charge < -0.3 is 0 Å². The molecule has 0 aliphatic heterocycles. The Morgan fingerprint density at radius 3 is 2.70 bits per heavy atom. The van der Waals surface area contributed by atoms with E-state index in [1.54, 1.807) is 36.7 Å². The molecule has 3 rings (SSSR count). The molecule has 1 heterocycles. The minimum absolute atomic E-state index is 0.0326. The average Bonchev–Trinajstić information content (AvgIpc) is 2.66. The largest absolute Gasteiger partial charge is 0.283 e. The Balaban J connectivity index is 1.77. The van der Waals surface area contributed by atoms with E-state index in [1.807, 2.05) is 19.1 Å². The van der Waals surface area contributed by atoms with E-state index in [2.05, 4.69) is 20.5 Å². The molecule has 9 heteroatoms. The van der Waals surface area contributed by atoms with Crippen LogP contribution in [0.1, 0.15) is 11.1 Å². The van der Waals surface area contributed by atoms with Crippen molar-refractivity contribution in [1.29, 1.82) is 0 Å². The fraction of sp³-hybridized carbons (Fsp3) is 0.0556. The Hall–Kier alpha value is -2.97. The van der Waals surface area contributed by atoms with Crippen molar-refractivity contribution < 1.29 is 4.92 Å². The lowest BCUT2D eigenvalue weighted by Crippen LogP contribution is -1.95. The minimum Gasteiger partial charge on any atom is -0.278 e. The first-order chi connectivity index (χ1) is 13.0. The number of aromatic nitrogens is 2. The molecule has 3 aromatic rings. The van der Waals surface area contributed by atoms with Crippen molar-refractivity contribution in [2.24, 2.45) is 5.10 Å². The van der Waals surface area contributed by atoms with Crippen molar-refractivity contribution in [3.05, 3.63) is 81.1 Å². The second-order valence-electron chi connectivity index (χ2n) is 5.45. The highest BCUT2D eigenvalue weighted by Gasteiger charge is 2.16. The first-order valence-corrected chi connectivity index (χ1v) is 9.01. The summed E-state index contributed by atoms with van der Waals surface area (Å²) in [5.74, 6) is 0. The average molecular weight is 400 g/mol. The van der Waals surface area contributed by atoms with Crippen LogP contribution in [0.3, 0.4) is 0 Å². The zero-order chi connectivity index (χ0) is 19.2. The van der Waals surface area contributed by atoms with E-state index < -0.39 is 4.92 Å². The number of nitro benzene ring substituents is 1. The normalized spacial score (nSPS) is 10.9. The number of benzene rings is 2. The highest BCUT2D eigenvalue weighted by Crippen LogP contribution is 2.33. The summed E-state index contributed by atoms with van der Waals surface area (Å²) in [5.41, 5.74) is 5.11. The van der Waals surface area contributed by atoms with Crippen LogP contribution in [-0.2, 0) is 0 Å². The number of aryl methyl sites for hydroxylation is 1. The number of rotatable bonds is 6. The van der Waals surface area contributed by atoms with Crippen LogP contribution in [0.4, 0.5) is 11.4 Å². The minimum atomic E-state index is -0.435. The fourth-order valence-electron chi connectivity index (χ4n) is 2.12. The first kappa shape index (κ1) is 18.8. The predicted octanol–water partition coefficient (Wildman–Crippen LogP) is 4.94. The number of halogens is 1. The lowest BCUT2D eigenvalue weighted by atomic mass is 10.2. The summed E-state index contributed by atoms with van der Waals surface area (Å²) < 4.78 is 0.